The van der Waals surface area contributed by atoms with Crippen molar-refractivity contribution in [2.24, 2.45) is 5.10 Å². The Hall–Kier alpha value is -4.72. The number of carbonyl (C=O) groups is 1. The zero-order valence-corrected chi connectivity index (χ0v) is 24.2. The number of nitrogens with zero attached hydrogens (tertiary/aromatic N) is 4. The number of benzene rings is 3. The molecular weight excluding hydrogens is 516 g/mol. The number of carboxylic acids is 1. The largest absolute Gasteiger partial charge is 0.494 e. The van der Waals surface area contributed by atoms with Crippen LogP contribution in [0.4, 0.5) is 0 Å². The molecule has 5 rings (SSSR count). The van der Waals surface area contributed by atoms with Crippen molar-refractivity contribution in [2.75, 3.05) is 6.61 Å². The highest BCUT2D eigenvalue weighted by molar-refractivity contribution is 6.02. The zero-order chi connectivity index (χ0) is 29.4. The van der Waals surface area contributed by atoms with Gasteiger partial charge in [-0.3, -0.25) is 4.79 Å². The molecule has 0 aliphatic heterocycles. The van der Waals surface area contributed by atoms with Gasteiger partial charge in [-0.1, -0.05) is 44.2 Å². The van der Waals surface area contributed by atoms with E-state index in [0.29, 0.717) is 23.3 Å². The van der Waals surface area contributed by atoms with E-state index in [9.17, 15) is 14.7 Å². The number of hydrogen-bond donors (Lipinski definition) is 1. The summed E-state index contributed by atoms with van der Waals surface area (Å²) >= 11 is 0. The summed E-state index contributed by atoms with van der Waals surface area (Å²) in [5, 5.41) is 15.8. The van der Waals surface area contributed by atoms with E-state index in [0.717, 1.165) is 44.6 Å². The molecule has 0 fully saturated rings. The van der Waals surface area contributed by atoms with E-state index < -0.39 is 12.0 Å². The molecule has 8 heteroatoms. The van der Waals surface area contributed by atoms with Crippen LogP contribution in [-0.2, 0) is 4.79 Å². The molecule has 2 aromatic heterocycles. The molecule has 1 atom stereocenters. The molecule has 1 N–H and O–H groups in total. The first-order valence-corrected chi connectivity index (χ1v) is 13.8. The summed E-state index contributed by atoms with van der Waals surface area (Å²) in [6.45, 7) is 12.2. The Morgan fingerprint density at radius 3 is 2.41 bits per heavy atom. The van der Waals surface area contributed by atoms with Crippen molar-refractivity contribution in [2.45, 2.75) is 53.5 Å². The third-order valence-electron chi connectivity index (χ3n) is 7.53. The topological polar surface area (TPSA) is 98.7 Å². The first kappa shape index (κ1) is 27.8. The summed E-state index contributed by atoms with van der Waals surface area (Å²) in [6.07, 6.45) is 1.64. The van der Waals surface area contributed by atoms with Crippen LogP contribution in [-0.4, -0.2) is 38.1 Å². The van der Waals surface area contributed by atoms with E-state index in [2.05, 4.69) is 13.8 Å². The Labute approximate surface area is 238 Å². The number of hydrogen-bond acceptors (Lipinski definition) is 5. The molecule has 0 spiro atoms. The van der Waals surface area contributed by atoms with Crippen LogP contribution in [0.5, 0.6) is 5.75 Å². The van der Waals surface area contributed by atoms with Crippen LogP contribution < -0.4 is 10.3 Å². The fraction of sp³-hybridized carbons (Fsp3) is 0.273. The van der Waals surface area contributed by atoms with Gasteiger partial charge in [-0.05, 0) is 75.1 Å². The summed E-state index contributed by atoms with van der Waals surface area (Å²) in [5.74, 6) is 0.497. The lowest BCUT2D eigenvalue weighted by atomic mass is 9.96. The number of carboxylic acid groups (broad SMARTS) is 1. The number of rotatable bonds is 8. The predicted molar refractivity (Wildman–Crippen MR) is 163 cm³/mol. The van der Waals surface area contributed by atoms with Gasteiger partial charge >= 0.3 is 5.97 Å². The smallest absolute Gasteiger partial charge is 0.326 e. The first-order valence-electron chi connectivity index (χ1n) is 13.8. The highest BCUT2D eigenvalue weighted by Gasteiger charge is 2.22. The van der Waals surface area contributed by atoms with Crippen molar-refractivity contribution in [1.82, 2.24) is 14.2 Å². The zero-order valence-electron chi connectivity index (χ0n) is 24.2. The van der Waals surface area contributed by atoms with Crippen molar-refractivity contribution in [1.29, 1.82) is 0 Å². The standard InChI is InChI=1S/C33H34N4O4/c1-7-41-30-16-20(4)26(17-25(30)19(2)3)31-35-28-14-10-8-13-24(28)32(38)37(31)34-18-27-21(5)36(22(6)33(39)40)29-15-11-9-12-23(27)29/h8-19,22H,7H2,1-6H3,(H,39,40)/t22-/m1/s1. The van der Waals surface area contributed by atoms with Crippen molar-refractivity contribution in [3.63, 3.8) is 0 Å². The fourth-order valence-corrected chi connectivity index (χ4v) is 5.38. The maximum atomic E-state index is 13.9. The molecule has 0 amide bonds. The van der Waals surface area contributed by atoms with Gasteiger partial charge in [-0.15, -0.1) is 0 Å². The first-order chi connectivity index (χ1) is 19.6. The summed E-state index contributed by atoms with van der Waals surface area (Å²) in [6, 6.07) is 18.1. The number of aliphatic carboxylic acids is 1. The van der Waals surface area contributed by atoms with Gasteiger partial charge in [0.15, 0.2) is 5.82 Å². The van der Waals surface area contributed by atoms with Gasteiger partial charge in [0.25, 0.3) is 5.56 Å². The molecule has 41 heavy (non-hydrogen) atoms. The van der Waals surface area contributed by atoms with Crippen LogP contribution >= 0.6 is 0 Å². The van der Waals surface area contributed by atoms with Gasteiger partial charge in [0.1, 0.15) is 11.8 Å². The minimum Gasteiger partial charge on any atom is -0.494 e. The van der Waals surface area contributed by atoms with Gasteiger partial charge < -0.3 is 14.4 Å². The Morgan fingerprint density at radius 2 is 1.73 bits per heavy atom. The quantitative estimate of drug-likeness (QED) is 0.217. The van der Waals surface area contributed by atoms with Crippen LogP contribution in [0.3, 0.4) is 0 Å². The van der Waals surface area contributed by atoms with E-state index in [1.165, 1.54) is 4.68 Å². The Balaban J connectivity index is 1.78. The van der Waals surface area contributed by atoms with E-state index >= 15 is 0 Å². The summed E-state index contributed by atoms with van der Waals surface area (Å²) < 4.78 is 9.06. The Kier molecular flexibility index (Phi) is 7.49. The molecule has 0 saturated carbocycles. The van der Waals surface area contributed by atoms with E-state index in [-0.39, 0.29) is 11.5 Å². The number of aryl methyl sites for hydroxylation is 1. The molecule has 3 aromatic carbocycles. The lowest BCUT2D eigenvalue weighted by Crippen LogP contribution is -2.21. The van der Waals surface area contributed by atoms with Gasteiger partial charge in [-0.25, -0.2) is 9.78 Å². The van der Waals surface area contributed by atoms with Crippen LogP contribution in [0, 0.1) is 13.8 Å². The summed E-state index contributed by atoms with van der Waals surface area (Å²) in [5.41, 5.74) is 5.28. The minimum absolute atomic E-state index is 0.185. The van der Waals surface area contributed by atoms with Crippen molar-refractivity contribution in [3.8, 4) is 17.1 Å². The normalized spacial score (nSPS) is 12.6. The summed E-state index contributed by atoms with van der Waals surface area (Å²) in [4.78, 5) is 30.7. The van der Waals surface area contributed by atoms with E-state index in [1.807, 2.05) is 75.4 Å². The summed E-state index contributed by atoms with van der Waals surface area (Å²) in [7, 11) is 0. The lowest BCUT2D eigenvalue weighted by Gasteiger charge is -2.18. The van der Waals surface area contributed by atoms with Gasteiger partial charge in [0.2, 0.25) is 0 Å². The Bertz CT molecular complexity index is 1880. The number of ether oxygens (including phenoxy) is 1. The minimum atomic E-state index is -0.929. The van der Waals surface area contributed by atoms with E-state index in [4.69, 9.17) is 14.8 Å². The molecule has 8 nitrogen and oxygen atoms in total. The molecular formula is C33H34N4O4. The third kappa shape index (κ3) is 4.90. The number of para-hydroxylation sites is 2. The number of aromatic nitrogens is 3. The molecule has 2 heterocycles. The molecule has 0 aliphatic carbocycles. The second-order valence-electron chi connectivity index (χ2n) is 10.5. The number of fused-ring (bicyclic) bond motifs is 2. The second kappa shape index (κ2) is 11.0. The van der Waals surface area contributed by atoms with Gasteiger partial charge in [-0.2, -0.15) is 9.78 Å². The van der Waals surface area contributed by atoms with Crippen LogP contribution in [0.2, 0.25) is 0 Å². The SMILES string of the molecule is CCOc1cc(C)c(-c2nc3ccccc3c(=O)n2N=Cc2c(C)n([C@H](C)C(=O)O)c3ccccc23)cc1C(C)C. The van der Waals surface area contributed by atoms with Gasteiger partial charge in [0, 0.05) is 27.7 Å². The predicted octanol–water partition coefficient (Wildman–Crippen LogP) is 6.68. The monoisotopic (exact) mass is 550 g/mol. The molecule has 210 valence electrons. The maximum absolute atomic E-state index is 13.9. The molecule has 0 bridgehead atoms. The Morgan fingerprint density at radius 1 is 1.05 bits per heavy atom. The average Bonchev–Trinajstić information content (AvgIpc) is 3.23. The molecule has 0 radical (unpaired) electrons. The highest BCUT2D eigenvalue weighted by atomic mass is 16.5. The van der Waals surface area contributed by atoms with Crippen LogP contribution in [0.15, 0.2) is 70.6 Å². The molecule has 0 aliphatic rings. The van der Waals surface area contributed by atoms with Crippen molar-refractivity contribution < 1.29 is 14.6 Å². The average molecular weight is 551 g/mol. The van der Waals surface area contributed by atoms with Gasteiger partial charge in [0.05, 0.1) is 23.7 Å². The fourth-order valence-electron chi connectivity index (χ4n) is 5.38. The molecule has 0 saturated heterocycles. The van der Waals surface area contributed by atoms with E-state index in [1.54, 1.807) is 23.8 Å². The maximum Gasteiger partial charge on any atom is 0.326 e. The highest BCUT2D eigenvalue weighted by Crippen LogP contribution is 2.34. The van der Waals surface area contributed by atoms with Crippen LogP contribution in [0.25, 0.3) is 33.2 Å². The molecule has 0 unspecified atom stereocenters. The molecule has 5 aromatic rings. The third-order valence-corrected chi connectivity index (χ3v) is 7.53. The van der Waals surface area contributed by atoms with Crippen molar-refractivity contribution >= 4 is 34.0 Å². The van der Waals surface area contributed by atoms with Crippen molar-refractivity contribution in [3.05, 3.63) is 93.4 Å². The second-order valence-corrected chi connectivity index (χ2v) is 10.5. The van der Waals surface area contributed by atoms with Crippen LogP contribution in [0.1, 0.15) is 62.0 Å². The lowest BCUT2D eigenvalue weighted by molar-refractivity contribution is -0.140.